The zero-order valence-electron chi connectivity index (χ0n) is 14.8. The first-order valence-corrected chi connectivity index (χ1v) is 9.46. The van der Waals surface area contributed by atoms with E-state index in [1.54, 1.807) is 18.1 Å². The molecule has 5 nitrogen and oxygen atoms in total. The third kappa shape index (κ3) is 3.46. The fourth-order valence-corrected chi connectivity index (χ4v) is 3.77. The number of hydrogen-bond donors (Lipinski definition) is 0. The number of hydrogen-bond acceptors (Lipinski definition) is 5. The molecule has 0 aliphatic carbocycles. The highest BCUT2D eigenvalue weighted by Crippen LogP contribution is 2.27. The van der Waals surface area contributed by atoms with Crippen molar-refractivity contribution >= 4 is 22.9 Å². The highest BCUT2D eigenvalue weighted by atomic mass is 32.2. The molecule has 0 radical (unpaired) electrons. The summed E-state index contributed by atoms with van der Waals surface area (Å²) in [7, 11) is 0. The van der Waals surface area contributed by atoms with Crippen molar-refractivity contribution in [2.75, 3.05) is 0 Å². The molecule has 0 atom stereocenters. The Labute approximate surface area is 156 Å². The predicted octanol–water partition coefficient (Wildman–Crippen LogP) is 4.18. The summed E-state index contributed by atoms with van der Waals surface area (Å²) in [4.78, 5) is 8.82. The molecule has 2 heterocycles. The third-order valence-electron chi connectivity index (χ3n) is 4.35. The second-order valence-corrected chi connectivity index (χ2v) is 7.26. The smallest absolute Gasteiger partial charge is 0.183 e. The van der Waals surface area contributed by atoms with Gasteiger partial charge in [0.1, 0.15) is 11.4 Å². The third-order valence-corrected chi connectivity index (χ3v) is 5.37. The summed E-state index contributed by atoms with van der Waals surface area (Å²) in [6.07, 6.45) is 1.59. The van der Waals surface area contributed by atoms with Crippen molar-refractivity contribution < 1.29 is 0 Å². The zero-order valence-corrected chi connectivity index (χ0v) is 15.6. The Balaban J connectivity index is 1.58. The molecule has 0 saturated heterocycles. The van der Waals surface area contributed by atoms with Crippen LogP contribution < -0.4 is 0 Å². The van der Waals surface area contributed by atoms with Gasteiger partial charge in [0.25, 0.3) is 0 Å². The van der Waals surface area contributed by atoms with E-state index in [4.69, 9.17) is 0 Å². The molecule has 4 rings (SSSR count). The van der Waals surface area contributed by atoms with E-state index in [2.05, 4.69) is 82.7 Å². The van der Waals surface area contributed by atoms with E-state index in [1.807, 2.05) is 4.68 Å². The monoisotopic (exact) mass is 361 g/mol. The van der Waals surface area contributed by atoms with Gasteiger partial charge in [-0.05, 0) is 30.5 Å². The maximum Gasteiger partial charge on any atom is 0.183 e. The van der Waals surface area contributed by atoms with Gasteiger partial charge >= 0.3 is 0 Å². The average Bonchev–Trinajstić information content (AvgIpc) is 3.06. The van der Waals surface area contributed by atoms with Crippen LogP contribution >= 0.6 is 11.8 Å². The highest BCUT2D eigenvalue weighted by Gasteiger charge is 2.13. The maximum atomic E-state index is 4.42. The van der Waals surface area contributed by atoms with Gasteiger partial charge in [0.15, 0.2) is 11.2 Å². The van der Waals surface area contributed by atoms with E-state index < -0.39 is 0 Å². The molecule has 0 aliphatic heterocycles. The second-order valence-electron chi connectivity index (χ2n) is 6.30. The summed E-state index contributed by atoms with van der Waals surface area (Å²) < 4.78 is 1.83. The highest BCUT2D eigenvalue weighted by molar-refractivity contribution is 7.98. The Hall–Kier alpha value is -2.73. The lowest BCUT2D eigenvalue weighted by atomic mass is 10.1. The van der Waals surface area contributed by atoms with Gasteiger partial charge in [-0.3, -0.25) is 0 Å². The van der Waals surface area contributed by atoms with Gasteiger partial charge in [-0.2, -0.15) is 0 Å². The van der Waals surface area contributed by atoms with Gasteiger partial charge in [-0.15, -0.1) is 5.10 Å². The molecule has 4 aromatic rings. The number of thioether (sulfide) groups is 1. The molecule has 0 N–H and O–H groups in total. The van der Waals surface area contributed by atoms with E-state index in [9.17, 15) is 0 Å². The van der Waals surface area contributed by atoms with Gasteiger partial charge in [0, 0.05) is 5.75 Å². The van der Waals surface area contributed by atoms with Crippen LogP contribution in [0.5, 0.6) is 0 Å². The van der Waals surface area contributed by atoms with Crippen LogP contribution in [0.3, 0.4) is 0 Å². The molecule has 130 valence electrons. The Morgan fingerprint density at radius 1 is 0.962 bits per heavy atom. The van der Waals surface area contributed by atoms with E-state index in [0.717, 1.165) is 21.9 Å². The van der Waals surface area contributed by atoms with Crippen molar-refractivity contribution in [3.05, 3.63) is 77.1 Å². The molecule has 26 heavy (non-hydrogen) atoms. The van der Waals surface area contributed by atoms with Crippen LogP contribution in [0.25, 0.3) is 11.2 Å². The zero-order chi connectivity index (χ0) is 17.9. The van der Waals surface area contributed by atoms with E-state index in [-0.39, 0.29) is 0 Å². The molecule has 0 saturated carbocycles. The molecule has 0 spiro atoms. The number of benzene rings is 2. The quantitative estimate of drug-likeness (QED) is 0.394. The molecule has 0 fully saturated rings. The molecule has 2 aromatic carbocycles. The number of fused-ring (bicyclic) bond motifs is 1. The molecule has 0 unspecified atom stereocenters. The van der Waals surface area contributed by atoms with Gasteiger partial charge in [-0.25, -0.2) is 14.6 Å². The lowest BCUT2D eigenvalue weighted by molar-refractivity contribution is 0.664. The first-order valence-electron chi connectivity index (χ1n) is 8.48. The fraction of sp³-hybridized carbons (Fsp3) is 0.200. The SMILES string of the molecule is Cc1ccc(Cn2nnc3c(SCc4ccccc4C)ncnc32)cc1. The summed E-state index contributed by atoms with van der Waals surface area (Å²) in [5, 5.41) is 9.50. The van der Waals surface area contributed by atoms with Gasteiger partial charge in [-0.1, -0.05) is 71.1 Å². The molecule has 0 bridgehead atoms. The average molecular weight is 361 g/mol. The Kier molecular flexibility index (Phi) is 4.67. The number of rotatable bonds is 5. The number of nitrogens with zero attached hydrogens (tertiary/aromatic N) is 5. The van der Waals surface area contributed by atoms with E-state index in [0.29, 0.717) is 6.54 Å². The van der Waals surface area contributed by atoms with Crippen molar-refractivity contribution in [2.45, 2.75) is 31.2 Å². The van der Waals surface area contributed by atoms with Crippen LogP contribution in [0.4, 0.5) is 0 Å². The summed E-state index contributed by atoms with van der Waals surface area (Å²) >= 11 is 1.67. The van der Waals surface area contributed by atoms with Crippen LogP contribution in [0.1, 0.15) is 22.3 Å². The minimum Gasteiger partial charge on any atom is -0.227 e. The van der Waals surface area contributed by atoms with Crippen molar-refractivity contribution in [3.63, 3.8) is 0 Å². The topological polar surface area (TPSA) is 56.5 Å². The van der Waals surface area contributed by atoms with E-state index in [1.165, 1.54) is 22.3 Å². The maximum absolute atomic E-state index is 4.42. The molecule has 6 heteroatoms. The van der Waals surface area contributed by atoms with Gasteiger partial charge in [0.2, 0.25) is 0 Å². The first-order chi connectivity index (χ1) is 12.7. The molecular weight excluding hydrogens is 342 g/mol. The Morgan fingerprint density at radius 2 is 1.77 bits per heavy atom. The van der Waals surface area contributed by atoms with E-state index >= 15 is 0 Å². The van der Waals surface area contributed by atoms with Crippen LogP contribution in [-0.2, 0) is 12.3 Å². The Morgan fingerprint density at radius 3 is 2.58 bits per heavy atom. The second kappa shape index (κ2) is 7.25. The number of aromatic nitrogens is 5. The summed E-state index contributed by atoms with van der Waals surface area (Å²) in [6.45, 7) is 4.86. The molecule has 2 aromatic heterocycles. The molecule has 0 amide bonds. The standard InChI is InChI=1S/C20H19N5S/c1-14-7-9-16(10-8-14)11-25-19-18(23-24-25)20(22-13-21-19)26-12-17-6-4-3-5-15(17)2/h3-10,13H,11-12H2,1-2H3. The summed E-state index contributed by atoms with van der Waals surface area (Å²) in [5.41, 5.74) is 6.54. The Bertz CT molecular complexity index is 1040. The van der Waals surface area contributed by atoms with Crippen molar-refractivity contribution in [1.82, 2.24) is 25.0 Å². The number of aryl methyl sites for hydroxylation is 2. The van der Waals surface area contributed by atoms with Crippen molar-refractivity contribution in [3.8, 4) is 0 Å². The van der Waals surface area contributed by atoms with Crippen LogP contribution in [0.15, 0.2) is 59.9 Å². The molecule has 0 aliphatic rings. The van der Waals surface area contributed by atoms with Crippen LogP contribution in [-0.4, -0.2) is 25.0 Å². The van der Waals surface area contributed by atoms with Crippen LogP contribution in [0, 0.1) is 13.8 Å². The normalized spacial score (nSPS) is 11.2. The van der Waals surface area contributed by atoms with Crippen molar-refractivity contribution in [2.24, 2.45) is 0 Å². The fourth-order valence-electron chi connectivity index (χ4n) is 2.77. The molecular formula is C20H19N5S. The predicted molar refractivity (Wildman–Crippen MR) is 104 cm³/mol. The van der Waals surface area contributed by atoms with Crippen LogP contribution in [0.2, 0.25) is 0 Å². The minimum absolute atomic E-state index is 0.649. The summed E-state index contributed by atoms with van der Waals surface area (Å²) in [5.74, 6) is 0.851. The minimum atomic E-state index is 0.649. The van der Waals surface area contributed by atoms with Gasteiger partial charge in [0.05, 0.1) is 6.54 Å². The lowest BCUT2D eigenvalue weighted by Crippen LogP contribution is -2.03. The first kappa shape index (κ1) is 16.7. The van der Waals surface area contributed by atoms with Gasteiger partial charge < -0.3 is 0 Å². The lowest BCUT2D eigenvalue weighted by Gasteiger charge is -2.05. The van der Waals surface area contributed by atoms with Crippen molar-refractivity contribution in [1.29, 1.82) is 0 Å². The largest absolute Gasteiger partial charge is 0.227 e. The summed E-state index contributed by atoms with van der Waals surface area (Å²) in [6, 6.07) is 16.8.